The number of hydrogen-bond acceptors (Lipinski definition) is 3. The molecule has 0 amide bonds. The zero-order valence-corrected chi connectivity index (χ0v) is 43.2. The van der Waals surface area contributed by atoms with E-state index in [1.165, 1.54) is 55.2 Å². The summed E-state index contributed by atoms with van der Waals surface area (Å²) in [5.74, 6) is 1.80. The van der Waals surface area contributed by atoms with Crippen LogP contribution in [0.3, 0.4) is 0 Å². The van der Waals surface area contributed by atoms with Crippen molar-refractivity contribution >= 4 is 21.8 Å². The first-order valence-electron chi connectivity index (χ1n) is 26.8. The maximum Gasteiger partial charge on any atom is 0.164 e. The number of aromatic nitrogens is 4. The van der Waals surface area contributed by atoms with Crippen molar-refractivity contribution in [2.24, 2.45) is 0 Å². The molecule has 2 heterocycles. The van der Waals surface area contributed by atoms with Crippen LogP contribution in [0.4, 0.5) is 0 Å². The Morgan fingerprint density at radius 1 is 0.177 bits per heavy atom. The summed E-state index contributed by atoms with van der Waals surface area (Å²) in [5, 5.41) is 2.49. The molecule has 0 fully saturated rings. The molecule has 0 N–H and O–H groups in total. The van der Waals surface area contributed by atoms with Crippen LogP contribution in [-0.4, -0.2) is 19.5 Å². The Labute approximate surface area is 460 Å². The Morgan fingerprint density at radius 2 is 0.430 bits per heavy atom. The molecule has 370 valence electrons. The van der Waals surface area contributed by atoms with Crippen LogP contribution in [0.2, 0.25) is 0 Å². The van der Waals surface area contributed by atoms with Gasteiger partial charge in [0.15, 0.2) is 17.5 Å². The highest BCUT2D eigenvalue weighted by Gasteiger charge is 2.17. The van der Waals surface area contributed by atoms with Crippen LogP contribution in [0.15, 0.2) is 303 Å². The van der Waals surface area contributed by atoms with Crippen molar-refractivity contribution in [3.05, 3.63) is 303 Å². The lowest BCUT2D eigenvalue weighted by molar-refractivity contribution is 1.07. The number of rotatable bonds is 11. The minimum atomic E-state index is 0.600. The molecule has 0 aliphatic rings. The third-order valence-electron chi connectivity index (χ3n) is 15.0. The number of benzene rings is 12. The summed E-state index contributed by atoms with van der Waals surface area (Å²) >= 11 is 0. The van der Waals surface area contributed by atoms with E-state index in [4.69, 9.17) is 15.0 Å². The van der Waals surface area contributed by atoms with Gasteiger partial charge in [0.2, 0.25) is 0 Å². The Morgan fingerprint density at radius 3 is 0.823 bits per heavy atom. The molecule has 0 atom stereocenters. The van der Waals surface area contributed by atoms with Crippen LogP contribution in [0, 0.1) is 0 Å². The standard InChI is InChI=1S/C75H50N4/c1-3-18-51(19-4-1)55-22-11-24-57(44-55)59-26-13-27-60(46-59)61-28-14-29-62(47-61)64-31-16-34-67(49-64)75-77-73(76-74(78-75)66-33-15-30-63(48-66)58-25-12-23-56(45-58)52-20-5-2-6-21-52)54-42-40-53(41-43-54)65-32-17-35-68(50-65)79-71-38-9-7-36-69(71)70-37-8-10-39-72(70)79/h1-50H. The zero-order valence-electron chi connectivity index (χ0n) is 43.2. The number of nitrogens with zero attached hydrogens (tertiary/aromatic N) is 4. The molecule has 0 unspecified atom stereocenters. The molecule has 4 nitrogen and oxygen atoms in total. The second-order valence-electron chi connectivity index (χ2n) is 20.0. The van der Waals surface area contributed by atoms with E-state index in [1.54, 1.807) is 0 Å². The summed E-state index contributed by atoms with van der Waals surface area (Å²) in [6.07, 6.45) is 0. The van der Waals surface area contributed by atoms with Crippen molar-refractivity contribution in [2.45, 2.75) is 0 Å². The van der Waals surface area contributed by atoms with E-state index < -0.39 is 0 Å². The van der Waals surface area contributed by atoms with E-state index in [0.29, 0.717) is 17.5 Å². The second kappa shape index (κ2) is 20.5. The smallest absolute Gasteiger partial charge is 0.164 e. The summed E-state index contributed by atoms with van der Waals surface area (Å²) in [4.78, 5) is 15.8. The molecule has 0 saturated carbocycles. The second-order valence-corrected chi connectivity index (χ2v) is 20.0. The largest absolute Gasteiger partial charge is 0.309 e. The van der Waals surface area contributed by atoms with Gasteiger partial charge in [0, 0.05) is 33.2 Å². The Kier molecular flexibility index (Phi) is 12.2. The van der Waals surface area contributed by atoms with Gasteiger partial charge in [0.1, 0.15) is 0 Å². The lowest BCUT2D eigenvalue weighted by Gasteiger charge is -2.12. The minimum Gasteiger partial charge on any atom is -0.309 e. The first-order valence-corrected chi connectivity index (χ1v) is 26.8. The lowest BCUT2D eigenvalue weighted by Crippen LogP contribution is -2.00. The van der Waals surface area contributed by atoms with Crippen LogP contribution in [0.5, 0.6) is 0 Å². The van der Waals surface area contributed by atoms with Gasteiger partial charge in [-0.1, -0.05) is 243 Å². The van der Waals surface area contributed by atoms with Gasteiger partial charge in [0.25, 0.3) is 0 Å². The topological polar surface area (TPSA) is 43.6 Å². The van der Waals surface area contributed by atoms with E-state index >= 15 is 0 Å². The number of para-hydroxylation sites is 2. The molecule has 0 spiro atoms. The predicted molar refractivity (Wildman–Crippen MR) is 329 cm³/mol. The van der Waals surface area contributed by atoms with Gasteiger partial charge in [-0.3, -0.25) is 0 Å². The molecule has 0 saturated heterocycles. The Balaban J connectivity index is 0.823. The average Bonchev–Trinajstić information content (AvgIpc) is 4.01. The minimum absolute atomic E-state index is 0.600. The van der Waals surface area contributed by atoms with E-state index in [9.17, 15) is 0 Å². The fourth-order valence-corrected chi connectivity index (χ4v) is 11.1. The molecule has 0 radical (unpaired) electrons. The van der Waals surface area contributed by atoms with E-state index in [1.807, 2.05) is 0 Å². The van der Waals surface area contributed by atoms with Gasteiger partial charge in [-0.15, -0.1) is 0 Å². The van der Waals surface area contributed by atoms with Crippen LogP contribution < -0.4 is 0 Å². The Hall–Kier alpha value is -10.6. The Bertz CT molecular complexity index is 4480. The third-order valence-corrected chi connectivity index (χ3v) is 15.0. The summed E-state index contributed by atoms with van der Waals surface area (Å²) in [7, 11) is 0. The van der Waals surface area contributed by atoms with Crippen LogP contribution >= 0.6 is 0 Å². The molecule has 2 aromatic heterocycles. The van der Waals surface area contributed by atoms with Gasteiger partial charge in [-0.2, -0.15) is 0 Å². The molecule has 0 aliphatic heterocycles. The van der Waals surface area contributed by atoms with Gasteiger partial charge in [-0.05, 0) is 139 Å². The first-order chi connectivity index (χ1) is 39.1. The SMILES string of the molecule is c1ccc(-c2cccc(-c3cccc(-c4cccc(-c5cccc(-c6nc(-c7ccc(-c8cccc(-n9c%10ccccc%10c%10ccccc%109)c8)cc7)nc(-c7cccc(-c8cccc(-c9ccccc9)c8)c7)n6)c5)c4)c3)c2)cc1. The highest BCUT2D eigenvalue weighted by Crippen LogP contribution is 2.37. The van der Waals surface area contributed by atoms with Crippen LogP contribution in [0.25, 0.3) is 140 Å². The predicted octanol–water partition coefficient (Wildman–Crippen LogP) is 19.6. The van der Waals surface area contributed by atoms with Crippen molar-refractivity contribution in [3.8, 4) is 118 Å². The highest BCUT2D eigenvalue weighted by molar-refractivity contribution is 6.09. The van der Waals surface area contributed by atoms with Gasteiger partial charge in [-0.25, -0.2) is 15.0 Å². The fraction of sp³-hybridized carbons (Fsp3) is 0. The first kappa shape index (κ1) is 46.9. The zero-order chi connectivity index (χ0) is 52.5. The maximum atomic E-state index is 5.28. The van der Waals surface area contributed by atoms with Crippen molar-refractivity contribution in [1.29, 1.82) is 0 Å². The molecule has 0 aliphatic carbocycles. The normalized spacial score (nSPS) is 11.3. The summed E-state index contributed by atoms with van der Waals surface area (Å²) in [5.41, 5.74) is 22.2. The molecule has 0 bridgehead atoms. The maximum absolute atomic E-state index is 5.28. The summed E-state index contributed by atoms with van der Waals surface area (Å²) in [6, 6.07) is 108. The van der Waals surface area contributed by atoms with E-state index in [-0.39, 0.29) is 0 Å². The van der Waals surface area contributed by atoms with Gasteiger partial charge in [0.05, 0.1) is 11.0 Å². The number of fused-ring (bicyclic) bond motifs is 3. The number of hydrogen-bond donors (Lipinski definition) is 0. The molecule has 79 heavy (non-hydrogen) atoms. The molecule has 12 aromatic carbocycles. The summed E-state index contributed by atoms with van der Waals surface area (Å²) < 4.78 is 2.36. The van der Waals surface area contributed by atoms with Crippen molar-refractivity contribution in [1.82, 2.24) is 19.5 Å². The fourth-order valence-electron chi connectivity index (χ4n) is 11.1. The van der Waals surface area contributed by atoms with Crippen molar-refractivity contribution < 1.29 is 0 Å². The molecule has 4 heteroatoms. The third kappa shape index (κ3) is 9.39. The van der Waals surface area contributed by atoms with Crippen molar-refractivity contribution in [2.75, 3.05) is 0 Å². The van der Waals surface area contributed by atoms with Crippen LogP contribution in [0.1, 0.15) is 0 Å². The molecule has 14 aromatic rings. The van der Waals surface area contributed by atoms with E-state index in [0.717, 1.165) is 66.9 Å². The van der Waals surface area contributed by atoms with E-state index in [2.05, 4.69) is 308 Å². The van der Waals surface area contributed by atoms with Gasteiger partial charge >= 0.3 is 0 Å². The monoisotopic (exact) mass is 1010 g/mol. The van der Waals surface area contributed by atoms with Gasteiger partial charge < -0.3 is 4.57 Å². The molecular weight excluding hydrogens is 957 g/mol. The lowest BCUT2D eigenvalue weighted by atomic mass is 9.94. The molecular formula is C75H50N4. The summed E-state index contributed by atoms with van der Waals surface area (Å²) in [6.45, 7) is 0. The highest BCUT2D eigenvalue weighted by atomic mass is 15.0. The molecule has 14 rings (SSSR count). The quantitative estimate of drug-likeness (QED) is 0.130. The van der Waals surface area contributed by atoms with Crippen LogP contribution in [-0.2, 0) is 0 Å². The average molecular weight is 1010 g/mol. The van der Waals surface area contributed by atoms with Crippen molar-refractivity contribution in [3.63, 3.8) is 0 Å².